The Hall–Kier alpha value is -2.57. The molecule has 1 aromatic carbocycles. The van der Waals surface area contributed by atoms with Gasteiger partial charge in [0.2, 0.25) is 0 Å². The number of benzene rings is 1. The maximum atomic E-state index is 12.5. The van der Waals surface area contributed by atoms with E-state index in [1.165, 1.54) is 4.57 Å². The van der Waals surface area contributed by atoms with E-state index < -0.39 is 17.8 Å². The summed E-state index contributed by atoms with van der Waals surface area (Å²) in [6.45, 7) is 9.65. The maximum Gasteiger partial charge on any atom is 0.419 e. The zero-order chi connectivity index (χ0) is 20.1. The molecule has 0 aliphatic rings. The van der Waals surface area contributed by atoms with Crippen LogP contribution in [0.2, 0.25) is 0 Å². The Bertz CT molecular complexity index is 841. The minimum absolute atomic E-state index is 0.0277. The van der Waals surface area contributed by atoms with Gasteiger partial charge in [-0.2, -0.15) is 0 Å². The molecule has 0 spiro atoms. The first-order valence-electron chi connectivity index (χ1n) is 9.32. The fourth-order valence-corrected chi connectivity index (χ4v) is 3.23. The molecule has 1 amide bonds. The van der Waals surface area contributed by atoms with Gasteiger partial charge >= 0.3 is 11.7 Å². The summed E-state index contributed by atoms with van der Waals surface area (Å²) in [4.78, 5) is 38.2. The van der Waals surface area contributed by atoms with Gasteiger partial charge in [-0.05, 0) is 53.2 Å². The van der Waals surface area contributed by atoms with Gasteiger partial charge in [0.05, 0.1) is 5.52 Å². The summed E-state index contributed by atoms with van der Waals surface area (Å²) >= 11 is 0. The number of carbonyl (C=O) groups is 2. The van der Waals surface area contributed by atoms with Crippen molar-refractivity contribution in [1.29, 1.82) is 0 Å². The van der Waals surface area contributed by atoms with Crippen molar-refractivity contribution in [3.05, 3.63) is 34.8 Å². The fraction of sp³-hybridized carbons (Fsp3) is 0.550. The third-order valence-corrected chi connectivity index (χ3v) is 4.36. The molecule has 0 bridgehead atoms. The molecule has 0 saturated carbocycles. The minimum Gasteiger partial charge on any atom is -0.453 e. The van der Waals surface area contributed by atoms with Gasteiger partial charge in [-0.25, -0.2) is 4.79 Å². The lowest BCUT2D eigenvalue weighted by Gasteiger charge is -2.32. The minimum atomic E-state index is -0.834. The van der Waals surface area contributed by atoms with E-state index in [9.17, 15) is 14.4 Å². The van der Waals surface area contributed by atoms with Crippen molar-refractivity contribution in [1.82, 2.24) is 9.47 Å². The summed E-state index contributed by atoms with van der Waals surface area (Å²) < 4.78 is 12.0. The number of amides is 1. The van der Waals surface area contributed by atoms with Crippen LogP contribution < -0.4 is 5.76 Å². The van der Waals surface area contributed by atoms with Gasteiger partial charge in [-0.3, -0.25) is 14.2 Å². The highest BCUT2D eigenvalue weighted by molar-refractivity contribution is 5.84. The van der Waals surface area contributed by atoms with Gasteiger partial charge in [-0.15, -0.1) is 0 Å². The van der Waals surface area contributed by atoms with Gasteiger partial charge in [0.25, 0.3) is 5.91 Å². The second-order valence-corrected chi connectivity index (χ2v) is 7.16. The predicted molar refractivity (Wildman–Crippen MR) is 102 cm³/mol. The van der Waals surface area contributed by atoms with Crippen LogP contribution in [-0.2, 0) is 20.9 Å². The fourth-order valence-electron chi connectivity index (χ4n) is 3.23. The zero-order valence-corrected chi connectivity index (χ0v) is 16.6. The van der Waals surface area contributed by atoms with Crippen LogP contribution in [0.3, 0.4) is 0 Å². The molecule has 1 heterocycles. The van der Waals surface area contributed by atoms with Crippen molar-refractivity contribution in [2.75, 3.05) is 0 Å². The van der Waals surface area contributed by atoms with E-state index in [0.29, 0.717) is 24.1 Å². The van der Waals surface area contributed by atoms with E-state index in [0.717, 1.165) is 0 Å². The van der Waals surface area contributed by atoms with Gasteiger partial charge in [0.1, 0.15) is 0 Å². The van der Waals surface area contributed by atoms with Crippen molar-refractivity contribution in [3.8, 4) is 0 Å². The molecule has 148 valence electrons. The number of aryl methyl sites for hydroxylation is 1. The summed E-state index contributed by atoms with van der Waals surface area (Å²) in [7, 11) is 0. The summed E-state index contributed by atoms with van der Waals surface area (Å²) in [5.41, 5.74) is 1.22. The van der Waals surface area contributed by atoms with E-state index in [4.69, 9.17) is 9.15 Å². The lowest BCUT2D eigenvalue weighted by Crippen LogP contribution is -2.47. The number of fused-ring (bicyclic) bond motifs is 1. The van der Waals surface area contributed by atoms with Crippen LogP contribution >= 0.6 is 0 Å². The number of rotatable bonds is 8. The van der Waals surface area contributed by atoms with E-state index in [1.54, 1.807) is 30.0 Å². The molecule has 0 aliphatic carbocycles. The molecule has 0 N–H and O–H groups in total. The molecule has 2 rings (SSSR count). The number of esters is 1. The van der Waals surface area contributed by atoms with Crippen molar-refractivity contribution >= 4 is 23.0 Å². The summed E-state index contributed by atoms with van der Waals surface area (Å²) in [6.07, 6.45) is -0.298. The topological polar surface area (TPSA) is 81.7 Å². The standard InChI is InChI=1S/C20H28N2O5/c1-13(2)22(14(3)4)19(24)15(5)26-18(23)11-8-12-21-16-9-6-7-10-17(16)27-20(21)25/h6-7,9-10,13-15H,8,11-12H2,1-5H3. The van der Waals surface area contributed by atoms with Gasteiger partial charge in [0, 0.05) is 25.0 Å². The quantitative estimate of drug-likeness (QED) is 0.662. The van der Waals surface area contributed by atoms with E-state index >= 15 is 0 Å². The Morgan fingerprint density at radius 3 is 2.37 bits per heavy atom. The molecule has 0 fully saturated rings. The van der Waals surface area contributed by atoms with Crippen LogP contribution in [0, 0.1) is 0 Å². The van der Waals surface area contributed by atoms with Crippen molar-refractivity contribution in [2.45, 2.75) is 72.2 Å². The number of oxazole rings is 1. The largest absolute Gasteiger partial charge is 0.453 e. The predicted octanol–water partition coefficient (Wildman–Crippen LogP) is 2.95. The van der Waals surface area contributed by atoms with Crippen LogP contribution in [0.5, 0.6) is 0 Å². The SMILES string of the molecule is CC(OC(=O)CCCn1c(=O)oc2ccccc21)C(=O)N(C(C)C)C(C)C. The first-order chi connectivity index (χ1) is 12.7. The average molecular weight is 376 g/mol. The monoisotopic (exact) mass is 376 g/mol. The highest BCUT2D eigenvalue weighted by Crippen LogP contribution is 2.13. The Kier molecular flexibility index (Phi) is 6.82. The third kappa shape index (κ3) is 4.99. The molecule has 0 saturated heterocycles. The second kappa shape index (κ2) is 8.88. The Morgan fingerprint density at radius 2 is 1.74 bits per heavy atom. The first-order valence-corrected chi connectivity index (χ1v) is 9.32. The smallest absolute Gasteiger partial charge is 0.419 e. The average Bonchev–Trinajstić information content (AvgIpc) is 2.89. The van der Waals surface area contributed by atoms with Crippen LogP contribution in [0.4, 0.5) is 0 Å². The highest BCUT2D eigenvalue weighted by Gasteiger charge is 2.27. The van der Waals surface area contributed by atoms with Crippen LogP contribution in [0.15, 0.2) is 33.5 Å². The third-order valence-electron chi connectivity index (χ3n) is 4.36. The lowest BCUT2D eigenvalue weighted by atomic mass is 10.2. The Labute approximate surface area is 158 Å². The summed E-state index contributed by atoms with van der Waals surface area (Å²) in [5.74, 6) is -1.10. The molecular formula is C20H28N2O5. The van der Waals surface area contributed by atoms with Crippen LogP contribution in [0.25, 0.3) is 11.1 Å². The molecule has 1 atom stereocenters. The van der Waals surface area contributed by atoms with Crippen LogP contribution in [0.1, 0.15) is 47.5 Å². The molecule has 7 heteroatoms. The molecule has 0 radical (unpaired) electrons. The first kappa shape index (κ1) is 20.7. The normalized spacial score (nSPS) is 12.6. The van der Waals surface area contributed by atoms with Gasteiger partial charge < -0.3 is 14.1 Å². The second-order valence-electron chi connectivity index (χ2n) is 7.16. The molecule has 1 aromatic heterocycles. The number of ether oxygens (including phenoxy) is 1. The van der Waals surface area contributed by atoms with E-state index in [1.807, 2.05) is 33.8 Å². The van der Waals surface area contributed by atoms with Gasteiger partial charge in [0.15, 0.2) is 11.7 Å². The van der Waals surface area contributed by atoms with E-state index in [2.05, 4.69) is 0 Å². The molecular weight excluding hydrogens is 348 g/mol. The Morgan fingerprint density at radius 1 is 1.11 bits per heavy atom. The molecule has 7 nitrogen and oxygen atoms in total. The molecule has 1 unspecified atom stereocenters. The van der Waals surface area contributed by atoms with Crippen molar-refractivity contribution in [2.24, 2.45) is 0 Å². The van der Waals surface area contributed by atoms with Crippen LogP contribution in [-0.4, -0.2) is 39.5 Å². The lowest BCUT2D eigenvalue weighted by molar-refractivity contribution is -0.161. The number of hydrogen-bond acceptors (Lipinski definition) is 5. The van der Waals surface area contributed by atoms with Crippen molar-refractivity contribution in [3.63, 3.8) is 0 Å². The summed E-state index contributed by atoms with van der Waals surface area (Å²) in [5, 5.41) is 0. The number of nitrogens with zero attached hydrogens (tertiary/aromatic N) is 2. The molecule has 2 aromatic rings. The number of para-hydroxylation sites is 2. The Balaban J connectivity index is 1.89. The number of hydrogen-bond donors (Lipinski definition) is 0. The maximum absolute atomic E-state index is 12.5. The zero-order valence-electron chi connectivity index (χ0n) is 16.6. The van der Waals surface area contributed by atoms with Crippen molar-refractivity contribution < 1.29 is 18.7 Å². The van der Waals surface area contributed by atoms with E-state index in [-0.39, 0.29) is 24.4 Å². The van der Waals surface area contributed by atoms with Gasteiger partial charge in [-0.1, -0.05) is 12.1 Å². The number of aromatic nitrogens is 1. The highest BCUT2D eigenvalue weighted by atomic mass is 16.5. The molecule has 27 heavy (non-hydrogen) atoms. The summed E-state index contributed by atoms with van der Waals surface area (Å²) in [6, 6.07) is 7.20. The molecule has 0 aliphatic heterocycles. The number of carbonyl (C=O) groups excluding carboxylic acids is 2.